The topological polar surface area (TPSA) is 0 Å². The third-order valence-corrected chi connectivity index (χ3v) is 39.8. The summed E-state index contributed by atoms with van der Waals surface area (Å²) in [6.45, 7) is 11.6. The lowest BCUT2D eigenvalue weighted by molar-refractivity contribution is 0.155. The summed E-state index contributed by atoms with van der Waals surface area (Å²) in [6.07, 6.45) is 111. The van der Waals surface area contributed by atoms with Gasteiger partial charge in [-0.05, 0) is 399 Å². The summed E-state index contributed by atoms with van der Waals surface area (Å²) in [4.78, 5) is 5.44. The number of benzene rings is 5. The van der Waals surface area contributed by atoms with Crippen LogP contribution in [0.5, 0.6) is 0 Å². The van der Waals surface area contributed by atoms with Crippen molar-refractivity contribution in [3.63, 3.8) is 0 Å². The average molecular weight is 2030 g/mol. The third-order valence-electron chi connectivity index (χ3n) is 38.3. The first-order valence-electron chi connectivity index (χ1n) is 60.2. The minimum absolute atomic E-state index is 0. The van der Waals surface area contributed by atoms with Crippen LogP contribution in [0.1, 0.15) is 574 Å². The summed E-state index contributed by atoms with van der Waals surface area (Å²) < 4.78 is 0. The van der Waals surface area contributed by atoms with Crippen LogP contribution in [0.2, 0.25) is 0 Å². The number of hydrogen-bond acceptors (Lipinski definition) is 5. The molecule has 10 heteroatoms. The lowest BCUT2D eigenvalue weighted by Gasteiger charge is -2.38. The highest BCUT2D eigenvalue weighted by atomic mass is 32.1. The molecule has 0 atom stereocenters. The molecule has 0 bridgehead atoms. The minimum Gasteiger partial charge on any atom is -0.269 e. The van der Waals surface area contributed by atoms with E-state index in [2.05, 4.69) is 219 Å². The van der Waals surface area contributed by atoms with Gasteiger partial charge in [0, 0.05) is 24.5 Å². The lowest BCUT2D eigenvalue weighted by atomic mass is 9.68. The van der Waals surface area contributed by atoms with Gasteiger partial charge in [0.1, 0.15) is 0 Å². The quantitative estimate of drug-likeness (QED) is 0.0143. The molecule has 0 aromatic heterocycles. The molecular weight excluding hydrogens is 1820 g/mol. The molecule has 15 rings (SSSR count). The molecule has 0 aliphatic heterocycles. The molecule has 0 heterocycles. The van der Waals surface area contributed by atoms with Gasteiger partial charge in [-0.3, -0.25) is 23.5 Å². The lowest BCUT2D eigenvalue weighted by Crippen LogP contribution is -2.25. The van der Waals surface area contributed by atoms with Gasteiger partial charge < -0.3 is 0 Å². The molecule has 10 fully saturated rings. The molecule has 5 aromatic rings. The van der Waals surface area contributed by atoms with E-state index < -0.39 is 0 Å². The Hall–Kier alpha value is -2.50. The van der Waals surface area contributed by atoms with E-state index in [1.165, 1.54) is 482 Å². The Labute approximate surface area is 888 Å². The summed E-state index contributed by atoms with van der Waals surface area (Å²) in [5, 5.41) is 0. The van der Waals surface area contributed by atoms with Gasteiger partial charge >= 0.3 is 0 Å². The molecule has 0 N–H and O–H groups in total. The van der Waals surface area contributed by atoms with Gasteiger partial charge in [0.05, 0.1) is 0 Å². The van der Waals surface area contributed by atoms with E-state index in [-0.39, 0.29) is 23.5 Å². The smallest absolute Gasteiger partial charge is 0.00401 e. The zero-order valence-corrected chi connectivity index (χ0v) is 94.9. The summed E-state index contributed by atoms with van der Waals surface area (Å²) in [6, 6.07) is 44.7. The fourth-order valence-corrected chi connectivity index (χ4v) is 29.9. The van der Waals surface area contributed by atoms with E-state index >= 15 is 0 Å². The highest BCUT2D eigenvalue weighted by molar-refractivity contribution is 7.81. The first kappa shape index (κ1) is 126. The Morgan fingerprint density at radius 3 is 0.371 bits per heavy atom. The predicted molar refractivity (Wildman–Crippen MR) is 622 cm³/mol. The Bertz CT molecular complexity index is 3110. The van der Waals surface area contributed by atoms with Gasteiger partial charge in [-0.25, -0.2) is 0 Å². The van der Waals surface area contributed by atoms with Crippen LogP contribution in [0.25, 0.3) is 0 Å². The maximum atomic E-state index is 4.43. The van der Waals surface area contributed by atoms with Gasteiger partial charge in [-0.1, -0.05) is 384 Å². The monoisotopic (exact) mass is 2030 g/mol. The molecule has 0 saturated heterocycles. The fourth-order valence-electron chi connectivity index (χ4n) is 29.2. The van der Waals surface area contributed by atoms with E-state index in [0.717, 1.165) is 143 Å². The molecular formula is C130H215F5S5. The van der Waals surface area contributed by atoms with Crippen molar-refractivity contribution in [2.75, 3.05) is 0 Å². The number of hydrogen-bond donors (Lipinski definition) is 5. The first-order valence-corrected chi connectivity index (χ1v) is 62.5. The van der Waals surface area contributed by atoms with Gasteiger partial charge in [-0.15, -0.1) is 63.1 Å². The molecule has 0 radical (unpaired) electrons. The molecule has 0 nitrogen and oxygen atoms in total. The standard InChI is InChI=1S/5C26H42S.5FH/c5*1-2-3-4-5-6-7-8-21-9-11-22(12-10-21)23-13-15-24(16-14-23)25-17-19-26(27)20-18-25;;;;;/h5*17-24,27H,2-16H2,1H3;5*1H. The molecule has 10 aliphatic rings. The molecule has 140 heavy (non-hydrogen) atoms. The van der Waals surface area contributed by atoms with Crippen molar-refractivity contribution in [2.45, 2.75) is 570 Å². The zero-order valence-electron chi connectivity index (χ0n) is 90.4. The Kier molecular flexibility index (Phi) is 67.8. The molecule has 0 amide bonds. The van der Waals surface area contributed by atoms with Crippen LogP contribution >= 0.6 is 63.1 Å². The number of unbranched alkanes of at least 4 members (excludes halogenated alkanes) is 25. The van der Waals surface area contributed by atoms with Crippen LogP contribution in [0.15, 0.2) is 146 Å². The summed E-state index contributed by atoms with van der Waals surface area (Å²) in [7, 11) is 0. The van der Waals surface area contributed by atoms with Crippen molar-refractivity contribution in [1.82, 2.24) is 0 Å². The van der Waals surface area contributed by atoms with Crippen LogP contribution < -0.4 is 0 Å². The van der Waals surface area contributed by atoms with E-state index in [9.17, 15) is 0 Å². The van der Waals surface area contributed by atoms with Crippen molar-refractivity contribution < 1.29 is 23.5 Å². The van der Waals surface area contributed by atoms with Gasteiger partial charge in [0.25, 0.3) is 0 Å². The van der Waals surface area contributed by atoms with E-state index in [1.807, 2.05) is 0 Å². The second kappa shape index (κ2) is 75.2. The molecule has 10 saturated carbocycles. The second-order valence-electron chi connectivity index (χ2n) is 47.7. The summed E-state index contributed by atoms with van der Waals surface area (Å²) in [5.74, 6) is 19.7. The Morgan fingerprint density at radius 2 is 0.250 bits per heavy atom. The SMILES string of the molecule is CCCCCCCCC1CCC(C2CCC(c3ccc(S)cc3)CC2)CC1.CCCCCCCCC1CCC(C2CCC(c3ccc(S)cc3)CC2)CC1.CCCCCCCCC1CCC(C2CCC(c3ccc(S)cc3)CC2)CC1.CCCCCCCCC1CCC(C2CCC(c3ccc(S)cc3)CC2)CC1.CCCCCCCCC1CCC(C2CCC(c3ccc(S)cc3)CC2)CC1.F.F.F.F.F. The van der Waals surface area contributed by atoms with Crippen molar-refractivity contribution >= 4 is 63.1 Å². The molecule has 0 spiro atoms. The molecule has 10 aliphatic carbocycles. The molecule has 800 valence electrons. The van der Waals surface area contributed by atoms with Crippen molar-refractivity contribution in [2.24, 2.45) is 88.8 Å². The number of rotatable bonds is 45. The van der Waals surface area contributed by atoms with Crippen molar-refractivity contribution in [3.8, 4) is 0 Å². The Morgan fingerprint density at radius 1 is 0.143 bits per heavy atom. The third kappa shape index (κ3) is 47.4. The predicted octanol–water partition coefficient (Wildman–Crippen LogP) is 44.8. The number of halogens is 5. The maximum absolute atomic E-state index is 4.43. The Balaban J connectivity index is 0.000000266. The molecule has 5 aromatic carbocycles. The molecule has 0 unspecified atom stereocenters. The second-order valence-corrected chi connectivity index (χ2v) is 50.3. The average Bonchev–Trinajstić information content (AvgIpc) is 0.849. The minimum atomic E-state index is 0. The number of thiol groups is 5. The highest BCUT2D eigenvalue weighted by Gasteiger charge is 2.38. The highest BCUT2D eigenvalue weighted by Crippen LogP contribution is 2.52. The maximum Gasteiger partial charge on any atom is 0.00401 e. The van der Waals surface area contributed by atoms with E-state index in [1.54, 1.807) is 27.8 Å². The van der Waals surface area contributed by atoms with Crippen LogP contribution in [-0.2, 0) is 0 Å². The normalized spacial score (nSPS) is 27.9. The van der Waals surface area contributed by atoms with Gasteiger partial charge in [-0.2, -0.15) is 0 Å². The zero-order chi connectivity index (χ0) is 94.5. The summed E-state index contributed by atoms with van der Waals surface area (Å²) in [5.41, 5.74) is 7.75. The first-order chi connectivity index (χ1) is 66.3. The fraction of sp³-hybridized carbons (Fsp3) is 0.769. The summed E-state index contributed by atoms with van der Waals surface area (Å²) >= 11 is 22.1. The van der Waals surface area contributed by atoms with Crippen LogP contribution in [0, 0.1) is 88.8 Å². The van der Waals surface area contributed by atoms with Gasteiger partial charge in [0.2, 0.25) is 0 Å². The largest absolute Gasteiger partial charge is 0.269 e. The van der Waals surface area contributed by atoms with E-state index in [0.29, 0.717) is 0 Å². The van der Waals surface area contributed by atoms with Crippen LogP contribution in [0.4, 0.5) is 23.5 Å². The van der Waals surface area contributed by atoms with Crippen molar-refractivity contribution in [3.05, 3.63) is 149 Å². The van der Waals surface area contributed by atoms with Crippen LogP contribution in [0.3, 0.4) is 0 Å². The van der Waals surface area contributed by atoms with Crippen molar-refractivity contribution in [1.29, 1.82) is 0 Å². The van der Waals surface area contributed by atoms with Crippen LogP contribution in [-0.4, -0.2) is 0 Å². The van der Waals surface area contributed by atoms with E-state index in [4.69, 9.17) is 0 Å². The van der Waals surface area contributed by atoms with Gasteiger partial charge in [0.15, 0.2) is 0 Å².